The number of para-hydroxylation sites is 1. The molecule has 102 valence electrons. The summed E-state index contributed by atoms with van der Waals surface area (Å²) in [5.41, 5.74) is 2.73. The van der Waals surface area contributed by atoms with E-state index in [1.54, 1.807) is 23.1 Å². The molecule has 0 radical (unpaired) electrons. The van der Waals surface area contributed by atoms with E-state index in [9.17, 15) is 9.90 Å². The van der Waals surface area contributed by atoms with Crippen molar-refractivity contribution in [3.05, 3.63) is 54.1 Å². The van der Waals surface area contributed by atoms with Gasteiger partial charge < -0.3 is 10.4 Å². The molecule has 2 amide bonds. The first kappa shape index (κ1) is 12.5. The number of amides is 2. The van der Waals surface area contributed by atoms with Gasteiger partial charge in [-0.05, 0) is 37.1 Å². The van der Waals surface area contributed by atoms with Gasteiger partial charge in [0.05, 0.1) is 0 Å². The Bertz CT molecular complexity index is 654. The third-order valence-electron chi connectivity index (χ3n) is 3.52. The molecule has 1 heterocycles. The predicted molar refractivity (Wildman–Crippen MR) is 79.2 cm³/mol. The van der Waals surface area contributed by atoms with Crippen molar-refractivity contribution >= 4 is 17.4 Å². The molecule has 1 aliphatic heterocycles. The van der Waals surface area contributed by atoms with Crippen molar-refractivity contribution < 1.29 is 9.90 Å². The molecule has 0 saturated carbocycles. The predicted octanol–water partition coefficient (Wildman–Crippen LogP) is 3.38. The van der Waals surface area contributed by atoms with E-state index in [1.165, 1.54) is 11.6 Å². The minimum absolute atomic E-state index is 0.129. The normalized spacial score (nSPS) is 16.9. The molecule has 2 aromatic carbocycles. The van der Waals surface area contributed by atoms with Crippen LogP contribution in [0.3, 0.4) is 0 Å². The van der Waals surface area contributed by atoms with Gasteiger partial charge in [-0.1, -0.05) is 24.3 Å². The molecular formula is C16H16N2O2. The lowest BCUT2D eigenvalue weighted by atomic mass is 10.1. The van der Waals surface area contributed by atoms with E-state index < -0.39 is 0 Å². The second-order valence-corrected chi connectivity index (χ2v) is 5.03. The number of nitrogens with one attached hydrogen (secondary N) is 1. The molecule has 4 nitrogen and oxygen atoms in total. The van der Waals surface area contributed by atoms with Gasteiger partial charge in [0.15, 0.2) is 0 Å². The van der Waals surface area contributed by atoms with E-state index >= 15 is 0 Å². The molecule has 1 aliphatic rings. The summed E-state index contributed by atoms with van der Waals surface area (Å²) in [5, 5.41) is 12.3. The highest BCUT2D eigenvalue weighted by Gasteiger charge is 2.30. The number of benzene rings is 2. The van der Waals surface area contributed by atoms with E-state index in [2.05, 4.69) is 5.32 Å². The van der Waals surface area contributed by atoms with E-state index in [-0.39, 0.29) is 17.8 Å². The maximum absolute atomic E-state index is 12.4. The first-order valence-corrected chi connectivity index (χ1v) is 6.62. The maximum atomic E-state index is 12.4. The van der Waals surface area contributed by atoms with Crippen LogP contribution in [0.4, 0.5) is 16.2 Å². The zero-order valence-corrected chi connectivity index (χ0v) is 11.2. The van der Waals surface area contributed by atoms with Crippen molar-refractivity contribution in [2.45, 2.75) is 19.4 Å². The SMILES string of the molecule is CC1Cc2ccccc2N1C(=O)Nc1cccc(O)c1. The zero-order valence-electron chi connectivity index (χ0n) is 11.2. The molecular weight excluding hydrogens is 252 g/mol. The Morgan fingerprint density at radius 2 is 2.05 bits per heavy atom. The van der Waals surface area contributed by atoms with Crippen molar-refractivity contribution in [1.29, 1.82) is 0 Å². The number of carbonyl (C=O) groups excluding carboxylic acids is 1. The smallest absolute Gasteiger partial charge is 0.326 e. The first-order chi connectivity index (χ1) is 9.65. The number of hydrogen-bond donors (Lipinski definition) is 2. The molecule has 0 fully saturated rings. The molecule has 2 aromatic rings. The second kappa shape index (κ2) is 4.89. The third kappa shape index (κ3) is 2.20. The molecule has 4 heteroatoms. The maximum Gasteiger partial charge on any atom is 0.326 e. The Kier molecular flexibility index (Phi) is 3.06. The van der Waals surface area contributed by atoms with Gasteiger partial charge in [0.2, 0.25) is 0 Å². The van der Waals surface area contributed by atoms with Crippen LogP contribution in [0, 0.1) is 0 Å². The van der Waals surface area contributed by atoms with Crippen molar-refractivity contribution in [3.8, 4) is 5.75 Å². The highest BCUT2D eigenvalue weighted by Crippen LogP contribution is 2.32. The van der Waals surface area contributed by atoms with Crippen molar-refractivity contribution in [2.24, 2.45) is 0 Å². The molecule has 0 saturated heterocycles. The van der Waals surface area contributed by atoms with Crippen LogP contribution in [0.5, 0.6) is 5.75 Å². The van der Waals surface area contributed by atoms with Crippen molar-refractivity contribution in [2.75, 3.05) is 10.2 Å². The summed E-state index contributed by atoms with van der Waals surface area (Å²) in [6.07, 6.45) is 0.865. The third-order valence-corrected chi connectivity index (χ3v) is 3.52. The average Bonchev–Trinajstić information content (AvgIpc) is 2.74. The van der Waals surface area contributed by atoms with E-state index in [4.69, 9.17) is 0 Å². The summed E-state index contributed by atoms with van der Waals surface area (Å²) >= 11 is 0. The monoisotopic (exact) mass is 268 g/mol. The van der Waals surface area contributed by atoms with E-state index in [0.717, 1.165) is 12.1 Å². The number of hydrogen-bond acceptors (Lipinski definition) is 2. The lowest BCUT2D eigenvalue weighted by Crippen LogP contribution is -2.39. The lowest BCUT2D eigenvalue weighted by Gasteiger charge is -2.23. The van der Waals surface area contributed by atoms with Gasteiger partial charge in [0, 0.05) is 23.5 Å². The summed E-state index contributed by atoms with van der Waals surface area (Å²) in [7, 11) is 0. The van der Waals surface area contributed by atoms with Crippen LogP contribution >= 0.6 is 0 Å². The average molecular weight is 268 g/mol. The lowest BCUT2D eigenvalue weighted by molar-refractivity contribution is 0.256. The molecule has 20 heavy (non-hydrogen) atoms. The summed E-state index contributed by atoms with van der Waals surface area (Å²) < 4.78 is 0. The Balaban J connectivity index is 1.84. The fourth-order valence-corrected chi connectivity index (χ4v) is 2.64. The van der Waals surface area contributed by atoms with Crippen LogP contribution < -0.4 is 10.2 Å². The Morgan fingerprint density at radius 1 is 1.25 bits per heavy atom. The van der Waals surface area contributed by atoms with Crippen LogP contribution in [0.1, 0.15) is 12.5 Å². The largest absolute Gasteiger partial charge is 0.508 e. The Hall–Kier alpha value is -2.49. The first-order valence-electron chi connectivity index (χ1n) is 6.62. The summed E-state index contributed by atoms with van der Waals surface area (Å²) in [4.78, 5) is 14.2. The highest BCUT2D eigenvalue weighted by atomic mass is 16.3. The van der Waals surface area contributed by atoms with Crippen LogP contribution in [-0.4, -0.2) is 17.2 Å². The van der Waals surface area contributed by atoms with Gasteiger partial charge in [0.25, 0.3) is 0 Å². The molecule has 0 bridgehead atoms. The number of nitrogens with zero attached hydrogens (tertiary/aromatic N) is 1. The van der Waals surface area contributed by atoms with Gasteiger partial charge >= 0.3 is 6.03 Å². The summed E-state index contributed by atoms with van der Waals surface area (Å²) in [6, 6.07) is 14.4. The number of carbonyl (C=O) groups is 1. The molecule has 2 N–H and O–H groups in total. The Morgan fingerprint density at radius 3 is 2.85 bits per heavy atom. The van der Waals surface area contributed by atoms with Crippen molar-refractivity contribution in [1.82, 2.24) is 0 Å². The van der Waals surface area contributed by atoms with Crippen LogP contribution in [0.15, 0.2) is 48.5 Å². The fraction of sp³-hybridized carbons (Fsp3) is 0.188. The quantitative estimate of drug-likeness (QED) is 0.833. The second-order valence-electron chi connectivity index (χ2n) is 5.03. The topological polar surface area (TPSA) is 52.6 Å². The van der Waals surface area contributed by atoms with Gasteiger partial charge in [-0.25, -0.2) is 4.79 Å². The number of phenols is 1. The Labute approximate surface area is 117 Å². The summed E-state index contributed by atoms with van der Waals surface area (Å²) in [5.74, 6) is 0.137. The van der Waals surface area contributed by atoms with E-state index in [0.29, 0.717) is 5.69 Å². The highest BCUT2D eigenvalue weighted by molar-refractivity contribution is 6.03. The number of urea groups is 1. The van der Waals surface area contributed by atoms with Crippen LogP contribution in [0.25, 0.3) is 0 Å². The zero-order chi connectivity index (χ0) is 14.1. The van der Waals surface area contributed by atoms with Gasteiger partial charge in [-0.2, -0.15) is 0 Å². The van der Waals surface area contributed by atoms with E-state index in [1.807, 2.05) is 31.2 Å². The van der Waals surface area contributed by atoms with Gasteiger partial charge in [0.1, 0.15) is 5.75 Å². The molecule has 1 unspecified atom stereocenters. The van der Waals surface area contributed by atoms with Crippen LogP contribution in [0.2, 0.25) is 0 Å². The number of rotatable bonds is 1. The minimum Gasteiger partial charge on any atom is -0.508 e. The number of anilines is 2. The minimum atomic E-state index is -0.173. The molecule has 3 rings (SSSR count). The summed E-state index contributed by atoms with van der Waals surface area (Å²) in [6.45, 7) is 2.03. The number of aromatic hydroxyl groups is 1. The van der Waals surface area contributed by atoms with Gasteiger partial charge in [-0.15, -0.1) is 0 Å². The van der Waals surface area contributed by atoms with Gasteiger partial charge in [-0.3, -0.25) is 4.90 Å². The molecule has 0 aromatic heterocycles. The van der Waals surface area contributed by atoms with Crippen molar-refractivity contribution in [3.63, 3.8) is 0 Å². The fourth-order valence-electron chi connectivity index (χ4n) is 2.64. The number of phenolic OH excluding ortho intramolecular Hbond substituents is 1. The molecule has 0 spiro atoms. The number of fused-ring (bicyclic) bond motifs is 1. The van der Waals surface area contributed by atoms with Crippen LogP contribution in [-0.2, 0) is 6.42 Å². The molecule has 0 aliphatic carbocycles. The standard InChI is InChI=1S/C16H16N2O2/c1-11-9-12-5-2-3-8-15(12)18(11)16(20)17-13-6-4-7-14(19)10-13/h2-8,10-11,19H,9H2,1H3,(H,17,20). The molecule has 1 atom stereocenters.